The number of hydrogen-bond donors (Lipinski definition) is 1. The van der Waals surface area contributed by atoms with E-state index in [0.29, 0.717) is 23.5 Å². The van der Waals surface area contributed by atoms with E-state index in [1.165, 1.54) is 5.57 Å². The van der Waals surface area contributed by atoms with Gasteiger partial charge in [0.25, 0.3) is 0 Å². The molecule has 3 nitrogen and oxygen atoms in total. The highest BCUT2D eigenvalue weighted by molar-refractivity contribution is 5.92. The van der Waals surface area contributed by atoms with Crippen LogP contribution in [0.3, 0.4) is 0 Å². The number of carbonyl (C=O) groups is 2. The minimum atomic E-state index is -0.494. The molecule has 0 heterocycles. The van der Waals surface area contributed by atoms with Crippen molar-refractivity contribution in [2.24, 2.45) is 29.1 Å². The van der Waals surface area contributed by atoms with Crippen molar-refractivity contribution in [2.45, 2.75) is 58.0 Å². The van der Waals surface area contributed by atoms with Gasteiger partial charge in [-0.1, -0.05) is 12.5 Å². The van der Waals surface area contributed by atoms with Crippen molar-refractivity contribution >= 4 is 11.6 Å². The number of hydrogen-bond acceptors (Lipinski definition) is 3. The highest BCUT2D eigenvalue weighted by Gasteiger charge is 2.57. The van der Waals surface area contributed by atoms with Crippen molar-refractivity contribution in [3.8, 4) is 0 Å². The van der Waals surface area contributed by atoms with Crippen LogP contribution in [0.25, 0.3) is 0 Å². The summed E-state index contributed by atoms with van der Waals surface area (Å²) in [4.78, 5) is 24.0. The first-order valence-corrected chi connectivity index (χ1v) is 8.45. The van der Waals surface area contributed by atoms with Crippen LogP contribution >= 0.6 is 0 Å². The van der Waals surface area contributed by atoms with Crippen LogP contribution in [0, 0.1) is 29.1 Å². The maximum atomic E-state index is 12.3. The van der Waals surface area contributed by atoms with Gasteiger partial charge in [-0.3, -0.25) is 9.59 Å². The Morgan fingerprint density at radius 3 is 2.76 bits per heavy atom. The molecule has 6 atom stereocenters. The van der Waals surface area contributed by atoms with E-state index in [2.05, 4.69) is 6.92 Å². The number of Topliss-reactive ketones (excluding diaryl/α,β-unsaturated/α-hetero) is 1. The number of rotatable bonds is 0. The smallest absolute Gasteiger partial charge is 0.158 e. The minimum Gasteiger partial charge on any atom is -0.392 e. The van der Waals surface area contributed by atoms with Crippen LogP contribution in [-0.2, 0) is 9.59 Å². The Balaban J connectivity index is 1.67. The molecule has 4 aliphatic rings. The summed E-state index contributed by atoms with van der Waals surface area (Å²) in [5.41, 5.74) is 1.09. The molecule has 0 spiro atoms. The fourth-order valence-electron chi connectivity index (χ4n) is 6.02. The standard InChI is InChI=1S/C18H24O3/c1-18-7-6-13-12(14(18)4-5-16(18)21)3-2-10-8-11(19)9-15(20)17(10)13/h8,12-15,17,20H,2-7,9H2,1H3/t12-,13+,14+,15+,17+,18+/m1/s1. The number of aliphatic hydroxyl groups excluding tert-OH is 1. The third-order valence-corrected chi connectivity index (χ3v) is 7.03. The molecule has 4 rings (SSSR count). The molecule has 0 aromatic carbocycles. The molecule has 3 heteroatoms. The Kier molecular flexibility index (Phi) is 2.94. The van der Waals surface area contributed by atoms with Gasteiger partial charge in [-0.05, 0) is 55.9 Å². The van der Waals surface area contributed by atoms with E-state index < -0.39 is 6.10 Å². The second kappa shape index (κ2) is 4.52. The number of ketones is 2. The predicted octanol–water partition coefficient (Wildman–Crippen LogP) is 2.67. The summed E-state index contributed by atoms with van der Waals surface area (Å²) < 4.78 is 0. The first-order chi connectivity index (χ1) is 10.0. The summed E-state index contributed by atoms with van der Waals surface area (Å²) in [7, 11) is 0. The lowest BCUT2D eigenvalue weighted by Gasteiger charge is -2.52. The van der Waals surface area contributed by atoms with Crippen LogP contribution in [-0.4, -0.2) is 22.8 Å². The van der Waals surface area contributed by atoms with Gasteiger partial charge in [0.1, 0.15) is 5.78 Å². The molecule has 0 unspecified atom stereocenters. The van der Waals surface area contributed by atoms with Gasteiger partial charge in [0.2, 0.25) is 0 Å². The van der Waals surface area contributed by atoms with Crippen molar-refractivity contribution < 1.29 is 14.7 Å². The molecule has 0 saturated heterocycles. The van der Waals surface area contributed by atoms with Gasteiger partial charge in [-0.25, -0.2) is 0 Å². The van der Waals surface area contributed by atoms with E-state index in [0.717, 1.165) is 38.5 Å². The molecule has 3 saturated carbocycles. The lowest BCUT2D eigenvalue weighted by Crippen LogP contribution is -2.49. The van der Waals surface area contributed by atoms with Crippen molar-refractivity contribution in [3.63, 3.8) is 0 Å². The normalized spacial score (nSPS) is 49.2. The zero-order valence-electron chi connectivity index (χ0n) is 12.7. The van der Waals surface area contributed by atoms with Crippen molar-refractivity contribution in [1.82, 2.24) is 0 Å². The quantitative estimate of drug-likeness (QED) is 0.745. The lowest BCUT2D eigenvalue weighted by molar-refractivity contribution is -0.132. The van der Waals surface area contributed by atoms with Crippen molar-refractivity contribution in [2.75, 3.05) is 0 Å². The summed E-state index contributed by atoms with van der Waals surface area (Å²) in [5, 5.41) is 10.4. The minimum absolute atomic E-state index is 0.0869. The molecular weight excluding hydrogens is 264 g/mol. The molecule has 21 heavy (non-hydrogen) atoms. The molecular formula is C18H24O3. The largest absolute Gasteiger partial charge is 0.392 e. The molecule has 4 aliphatic carbocycles. The maximum Gasteiger partial charge on any atom is 0.158 e. The predicted molar refractivity (Wildman–Crippen MR) is 78.5 cm³/mol. The Hall–Kier alpha value is -0.960. The van der Waals surface area contributed by atoms with Crippen LogP contribution < -0.4 is 0 Å². The van der Waals surface area contributed by atoms with E-state index in [9.17, 15) is 14.7 Å². The Bertz CT molecular complexity index is 535. The fraction of sp³-hybridized carbons (Fsp3) is 0.778. The first-order valence-electron chi connectivity index (χ1n) is 8.45. The molecule has 0 aromatic heterocycles. The number of fused-ring (bicyclic) bond motifs is 5. The topological polar surface area (TPSA) is 54.4 Å². The van der Waals surface area contributed by atoms with E-state index in [4.69, 9.17) is 0 Å². The zero-order valence-corrected chi connectivity index (χ0v) is 12.7. The van der Waals surface area contributed by atoms with Crippen LogP contribution in [0.5, 0.6) is 0 Å². The molecule has 0 aromatic rings. The zero-order chi connectivity index (χ0) is 14.8. The highest BCUT2D eigenvalue weighted by atomic mass is 16.3. The van der Waals surface area contributed by atoms with E-state index in [1.54, 1.807) is 6.08 Å². The fourth-order valence-corrected chi connectivity index (χ4v) is 6.02. The Morgan fingerprint density at radius 1 is 1.14 bits per heavy atom. The summed E-state index contributed by atoms with van der Waals surface area (Å²) in [6, 6.07) is 0. The Morgan fingerprint density at radius 2 is 1.95 bits per heavy atom. The second-order valence-corrected chi connectivity index (χ2v) is 7.87. The molecule has 0 radical (unpaired) electrons. The average Bonchev–Trinajstić information content (AvgIpc) is 2.74. The van der Waals surface area contributed by atoms with Crippen LogP contribution in [0.15, 0.2) is 11.6 Å². The summed E-state index contributed by atoms with van der Waals surface area (Å²) in [5.74, 6) is 2.30. The van der Waals surface area contributed by atoms with Crippen LogP contribution in [0.2, 0.25) is 0 Å². The molecule has 114 valence electrons. The summed E-state index contributed by atoms with van der Waals surface area (Å²) in [6.07, 6.45) is 7.44. The molecule has 0 bridgehead atoms. The van der Waals surface area contributed by atoms with Gasteiger partial charge < -0.3 is 5.11 Å². The van der Waals surface area contributed by atoms with E-state index in [1.807, 2.05) is 0 Å². The third-order valence-electron chi connectivity index (χ3n) is 7.03. The molecule has 0 aliphatic heterocycles. The SMILES string of the molecule is C[C@]12CC[C@H]3[C@@H](CCC4=CC(=O)C[C@H](O)[C@@H]43)[C@@H]1CCC2=O. The van der Waals surface area contributed by atoms with E-state index in [-0.39, 0.29) is 23.5 Å². The monoisotopic (exact) mass is 288 g/mol. The van der Waals surface area contributed by atoms with Gasteiger partial charge in [0.15, 0.2) is 5.78 Å². The summed E-state index contributed by atoms with van der Waals surface area (Å²) in [6.45, 7) is 2.18. The third kappa shape index (κ3) is 1.82. The van der Waals surface area contributed by atoms with Gasteiger partial charge >= 0.3 is 0 Å². The molecule has 3 fully saturated rings. The maximum absolute atomic E-state index is 12.3. The van der Waals surface area contributed by atoms with Crippen molar-refractivity contribution in [3.05, 3.63) is 11.6 Å². The number of aliphatic hydroxyl groups is 1. The summed E-state index contributed by atoms with van der Waals surface area (Å²) >= 11 is 0. The lowest BCUT2D eigenvalue weighted by atomic mass is 9.52. The van der Waals surface area contributed by atoms with Gasteiger partial charge in [-0.15, -0.1) is 0 Å². The van der Waals surface area contributed by atoms with Gasteiger partial charge in [0, 0.05) is 24.2 Å². The second-order valence-electron chi connectivity index (χ2n) is 7.87. The van der Waals surface area contributed by atoms with Crippen LogP contribution in [0.4, 0.5) is 0 Å². The van der Waals surface area contributed by atoms with Gasteiger partial charge in [-0.2, -0.15) is 0 Å². The highest BCUT2D eigenvalue weighted by Crippen LogP contribution is 2.60. The average molecular weight is 288 g/mol. The van der Waals surface area contributed by atoms with Crippen molar-refractivity contribution in [1.29, 1.82) is 0 Å². The number of carbonyl (C=O) groups excluding carboxylic acids is 2. The molecule has 1 N–H and O–H groups in total. The Labute approximate surface area is 125 Å². The van der Waals surface area contributed by atoms with E-state index >= 15 is 0 Å². The van der Waals surface area contributed by atoms with Crippen LogP contribution in [0.1, 0.15) is 51.9 Å². The first kappa shape index (κ1) is 13.7. The van der Waals surface area contributed by atoms with Gasteiger partial charge in [0.05, 0.1) is 6.10 Å². The molecule has 0 amide bonds.